The maximum atomic E-state index is 5.98. The van der Waals surface area contributed by atoms with Crippen molar-refractivity contribution in [1.82, 2.24) is 4.98 Å². The summed E-state index contributed by atoms with van der Waals surface area (Å²) in [5, 5.41) is 3.32. The van der Waals surface area contributed by atoms with Gasteiger partial charge in [0.2, 0.25) is 0 Å². The highest BCUT2D eigenvalue weighted by Gasteiger charge is 2.12. The van der Waals surface area contributed by atoms with E-state index in [1.165, 1.54) is 40.3 Å². The third kappa shape index (κ3) is 4.36. The molecule has 2 N–H and O–H groups in total. The Bertz CT molecular complexity index is 843. The van der Waals surface area contributed by atoms with E-state index in [0.717, 1.165) is 36.6 Å². The van der Waals surface area contributed by atoms with Crippen LogP contribution in [0.3, 0.4) is 0 Å². The van der Waals surface area contributed by atoms with Crippen LogP contribution in [-0.2, 0) is 0 Å². The number of rotatable bonds is 10. The Kier molecular flexibility index (Phi) is 6.86. The fourth-order valence-corrected chi connectivity index (χ4v) is 4.46. The summed E-state index contributed by atoms with van der Waals surface area (Å²) in [7, 11) is 0. The molecule has 3 aromatic rings. The van der Waals surface area contributed by atoms with Gasteiger partial charge in [-0.05, 0) is 42.3 Å². The normalized spacial score (nSPS) is 12.7. The Morgan fingerprint density at radius 1 is 1.08 bits per heavy atom. The van der Waals surface area contributed by atoms with E-state index in [-0.39, 0.29) is 0 Å². The summed E-state index contributed by atoms with van der Waals surface area (Å²) in [6.45, 7) is 5.91. The zero-order valence-electron chi connectivity index (χ0n) is 16.0. The van der Waals surface area contributed by atoms with Crippen LogP contribution in [-0.4, -0.2) is 18.1 Å². The van der Waals surface area contributed by atoms with Gasteiger partial charge in [0.15, 0.2) is 0 Å². The standard InChI is InChI=1S/C22H30N2OS/c1-3-5-6-7-13-25-22-24-20-12-10-17-14-16(18(15-23)8-4-2)9-11-19(17)21(20)26-22/h9-12,14,18H,3-8,13,15,23H2,1-2H3. The van der Waals surface area contributed by atoms with E-state index in [4.69, 9.17) is 10.5 Å². The van der Waals surface area contributed by atoms with Gasteiger partial charge in [0.25, 0.3) is 5.19 Å². The molecule has 3 rings (SSSR count). The van der Waals surface area contributed by atoms with Gasteiger partial charge in [-0.25, -0.2) is 4.98 Å². The van der Waals surface area contributed by atoms with E-state index in [2.05, 4.69) is 49.2 Å². The van der Waals surface area contributed by atoms with Crippen LogP contribution >= 0.6 is 11.3 Å². The molecule has 140 valence electrons. The summed E-state index contributed by atoms with van der Waals surface area (Å²) >= 11 is 1.66. The lowest BCUT2D eigenvalue weighted by molar-refractivity contribution is 0.304. The molecule has 0 fully saturated rings. The van der Waals surface area contributed by atoms with Crippen LogP contribution < -0.4 is 10.5 Å². The first kappa shape index (κ1) is 19.1. The second-order valence-electron chi connectivity index (χ2n) is 7.00. The van der Waals surface area contributed by atoms with Crippen LogP contribution in [0.1, 0.15) is 63.9 Å². The second-order valence-corrected chi connectivity index (χ2v) is 7.97. The summed E-state index contributed by atoms with van der Waals surface area (Å²) in [5.41, 5.74) is 8.36. The molecule has 1 unspecified atom stereocenters. The summed E-state index contributed by atoms with van der Waals surface area (Å²) in [5.74, 6) is 0.448. The van der Waals surface area contributed by atoms with E-state index >= 15 is 0 Å². The van der Waals surface area contributed by atoms with Crippen LogP contribution in [0.25, 0.3) is 21.0 Å². The third-order valence-corrected chi connectivity index (χ3v) is 6.01. The van der Waals surface area contributed by atoms with Crippen molar-refractivity contribution >= 4 is 32.3 Å². The zero-order chi connectivity index (χ0) is 18.4. The molecule has 0 amide bonds. The number of unbranched alkanes of at least 4 members (excludes halogenated alkanes) is 3. The minimum absolute atomic E-state index is 0.448. The number of thiazole rings is 1. The highest BCUT2D eigenvalue weighted by molar-refractivity contribution is 7.21. The molecule has 0 aliphatic heterocycles. The third-order valence-electron chi connectivity index (χ3n) is 4.99. The molecule has 1 atom stereocenters. The first-order valence-electron chi connectivity index (χ1n) is 9.92. The SMILES string of the molecule is CCCCCCOc1nc2ccc3cc(C(CN)CCC)ccc3c2s1. The van der Waals surface area contributed by atoms with Gasteiger partial charge in [-0.2, -0.15) is 0 Å². The number of fused-ring (bicyclic) bond motifs is 3. The monoisotopic (exact) mass is 370 g/mol. The number of nitrogens with zero attached hydrogens (tertiary/aromatic N) is 1. The molecule has 3 nitrogen and oxygen atoms in total. The molecular weight excluding hydrogens is 340 g/mol. The van der Waals surface area contributed by atoms with Gasteiger partial charge in [0.1, 0.15) is 0 Å². The van der Waals surface area contributed by atoms with Crippen molar-refractivity contribution < 1.29 is 4.74 Å². The summed E-state index contributed by atoms with van der Waals surface area (Å²) in [6, 6.07) is 11.0. The van der Waals surface area contributed by atoms with Crippen molar-refractivity contribution in [1.29, 1.82) is 0 Å². The molecule has 0 spiro atoms. The van der Waals surface area contributed by atoms with Crippen molar-refractivity contribution in [3.05, 3.63) is 35.9 Å². The average molecular weight is 371 g/mol. The van der Waals surface area contributed by atoms with Crippen LogP contribution in [0.5, 0.6) is 5.19 Å². The lowest BCUT2D eigenvalue weighted by Gasteiger charge is -2.15. The largest absolute Gasteiger partial charge is 0.470 e. The predicted octanol–water partition coefficient (Wildman–Crippen LogP) is 6.25. The molecule has 0 aliphatic carbocycles. The number of benzene rings is 2. The smallest absolute Gasteiger partial charge is 0.274 e. The van der Waals surface area contributed by atoms with Gasteiger partial charge >= 0.3 is 0 Å². The summed E-state index contributed by atoms with van der Waals surface area (Å²) in [4.78, 5) is 4.66. The van der Waals surface area contributed by atoms with Crippen molar-refractivity contribution in [3.63, 3.8) is 0 Å². The summed E-state index contributed by atoms with van der Waals surface area (Å²) < 4.78 is 7.11. The van der Waals surface area contributed by atoms with Gasteiger partial charge in [-0.15, -0.1) is 0 Å². The predicted molar refractivity (Wildman–Crippen MR) is 113 cm³/mol. The molecule has 1 heterocycles. The molecule has 0 bridgehead atoms. The maximum Gasteiger partial charge on any atom is 0.274 e. The van der Waals surface area contributed by atoms with Crippen molar-refractivity contribution in [3.8, 4) is 5.19 Å². The van der Waals surface area contributed by atoms with E-state index in [1.54, 1.807) is 11.3 Å². The Morgan fingerprint density at radius 3 is 2.73 bits per heavy atom. The van der Waals surface area contributed by atoms with Gasteiger partial charge in [0.05, 0.1) is 16.8 Å². The molecule has 0 saturated carbocycles. The molecular formula is C22H30N2OS. The van der Waals surface area contributed by atoms with Crippen molar-refractivity contribution in [2.75, 3.05) is 13.2 Å². The molecule has 0 radical (unpaired) electrons. The van der Waals surface area contributed by atoms with E-state index in [0.29, 0.717) is 12.5 Å². The van der Waals surface area contributed by atoms with Crippen molar-refractivity contribution in [2.24, 2.45) is 5.73 Å². The number of hydrogen-bond acceptors (Lipinski definition) is 4. The zero-order valence-corrected chi connectivity index (χ0v) is 16.8. The Labute approximate surface area is 160 Å². The quantitative estimate of drug-likeness (QED) is 0.429. The lowest BCUT2D eigenvalue weighted by Crippen LogP contribution is -2.12. The fourth-order valence-electron chi connectivity index (χ4n) is 3.49. The highest BCUT2D eigenvalue weighted by atomic mass is 32.1. The topological polar surface area (TPSA) is 48.1 Å². The van der Waals surface area contributed by atoms with E-state index < -0.39 is 0 Å². The first-order chi connectivity index (χ1) is 12.8. The number of hydrogen-bond donors (Lipinski definition) is 1. The number of nitrogens with two attached hydrogens (primary N) is 1. The first-order valence-corrected chi connectivity index (χ1v) is 10.7. The molecule has 2 aromatic carbocycles. The summed E-state index contributed by atoms with van der Waals surface area (Å²) in [6.07, 6.45) is 7.16. The van der Waals surface area contributed by atoms with Gasteiger partial charge in [-0.3, -0.25) is 0 Å². The molecule has 1 aromatic heterocycles. The Balaban J connectivity index is 1.81. The van der Waals surface area contributed by atoms with Crippen LogP contribution in [0.4, 0.5) is 0 Å². The van der Waals surface area contributed by atoms with Gasteiger partial charge in [-0.1, -0.05) is 75.1 Å². The van der Waals surface area contributed by atoms with Crippen molar-refractivity contribution in [2.45, 2.75) is 58.3 Å². The minimum atomic E-state index is 0.448. The minimum Gasteiger partial charge on any atom is -0.470 e. The number of aromatic nitrogens is 1. The highest BCUT2D eigenvalue weighted by Crippen LogP contribution is 2.35. The molecule has 26 heavy (non-hydrogen) atoms. The maximum absolute atomic E-state index is 5.98. The average Bonchev–Trinajstić information content (AvgIpc) is 3.09. The molecule has 4 heteroatoms. The van der Waals surface area contributed by atoms with Crippen LogP contribution in [0, 0.1) is 0 Å². The van der Waals surface area contributed by atoms with Crippen LogP contribution in [0.15, 0.2) is 30.3 Å². The Morgan fingerprint density at radius 2 is 1.96 bits per heavy atom. The van der Waals surface area contributed by atoms with E-state index in [1.807, 2.05) is 0 Å². The lowest BCUT2D eigenvalue weighted by atomic mass is 9.92. The number of ether oxygens (including phenoxy) is 1. The van der Waals surface area contributed by atoms with Crippen LogP contribution in [0.2, 0.25) is 0 Å². The Hall–Kier alpha value is -1.65. The van der Waals surface area contributed by atoms with E-state index in [9.17, 15) is 0 Å². The molecule has 0 aliphatic rings. The molecule has 0 saturated heterocycles. The van der Waals surface area contributed by atoms with Gasteiger partial charge in [0, 0.05) is 5.39 Å². The van der Waals surface area contributed by atoms with Gasteiger partial charge < -0.3 is 10.5 Å². The fraction of sp³-hybridized carbons (Fsp3) is 0.500. The second kappa shape index (κ2) is 9.33.